The summed E-state index contributed by atoms with van der Waals surface area (Å²) in [7, 11) is 0. The van der Waals surface area contributed by atoms with Crippen molar-refractivity contribution >= 4 is 33.9 Å². The minimum absolute atomic E-state index is 0.109. The summed E-state index contributed by atoms with van der Waals surface area (Å²) in [6, 6.07) is -0.415. The molecule has 0 aromatic heterocycles. The zero-order valence-electron chi connectivity index (χ0n) is 13.4. The number of carbonyl (C=O) groups is 3. The van der Waals surface area contributed by atoms with E-state index in [1.165, 1.54) is 17.8 Å². The van der Waals surface area contributed by atoms with E-state index in [0.717, 1.165) is 5.57 Å². The van der Waals surface area contributed by atoms with Crippen molar-refractivity contribution < 1.29 is 23.9 Å². The number of carbonyl (C=O) groups excluding carboxylic acids is 3. The highest BCUT2D eigenvalue weighted by Gasteiger charge is 2.66. The Morgan fingerprint density at radius 2 is 2.09 bits per heavy atom. The van der Waals surface area contributed by atoms with Crippen LogP contribution in [-0.2, 0) is 23.9 Å². The number of halogens is 1. The molecule has 5 atom stereocenters. The molecule has 0 aliphatic carbocycles. The fourth-order valence-corrected chi connectivity index (χ4v) is 4.55. The first-order valence-corrected chi connectivity index (χ1v) is 8.16. The van der Waals surface area contributed by atoms with E-state index in [1.807, 2.05) is 19.9 Å². The number of hydrogen-bond donors (Lipinski definition) is 0. The summed E-state index contributed by atoms with van der Waals surface area (Å²) in [6.07, 6.45) is 0.506. The van der Waals surface area contributed by atoms with Gasteiger partial charge in [-0.15, -0.1) is 0 Å². The molecule has 0 saturated carbocycles. The van der Waals surface area contributed by atoms with Gasteiger partial charge in [-0.3, -0.25) is 14.4 Å². The first-order valence-electron chi connectivity index (χ1n) is 7.45. The van der Waals surface area contributed by atoms with Crippen molar-refractivity contribution in [2.75, 3.05) is 6.54 Å². The summed E-state index contributed by atoms with van der Waals surface area (Å²) >= 11 is 3.16. The molecule has 3 aliphatic heterocycles. The normalized spacial score (nSPS) is 39.0. The maximum absolute atomic E-state index is 12.7. The Balaban J connectivity index is 2.03. The van der Waals surface area contributed by atoms with Crippen LogP contribution in [0.4, 0.5) is 0 Å². The van der Waals surface area contributed by atoms with E-state index < -0.39 is 35.9 Å². The fraction of sp³-hybridized carbons (Fsp3) is 0.667. The zero-order chi connectivity index (χ0) is 17.1. The molecule has 0 unspecified atom stereocenters. The Labute approximate surface area is 142 Å². The Morgan fingerprint density at radius 1 is 1.43 bits per heavy atom. The molecule has 2 fully saturated rings. The van der Waals surface area contributed by atoms with Gasteiger partial charge in [-0.05, 0) is 13.8 Å². The zero-order valence-corrected chi connectivity index (χ0v) is 15.0. The number of hydrogen-bond acceptors (Lipinski definition) is 5. The Bertz CT molecular complexity index is 621. The van der Waals surface area contributed by atoms with Gasteiger partial charge in [0.15, 0.2) is 0 Å². The van der Waals surface area contributed by atoms with Crippen LogP contribution >= 0.6 is 16.1 Å². The second-order valence-corrected chi connectivity index (χ2v) is 7.29. The van der Waals surface area contributed by atoms with Crippen LogP contribution in [-0.4, -0.2) is 57.1 Å². The SMILES string of the molecule is CC(=O)O[C@H]1[C@H]2O[C@@]3(C)C=C(C)CN(C(C)=O)[C@H]3[C@H]2C(=O)N1Br. The first-order chi connectivity index (χ1) is 10.7. The molecule has 0 spiro atoms. The van der Waals surface area contributed by atoms with Gasteiger partial charge in [0.1, 0.15) is 11.7 Å². The summed E-state index contributed by atoms with van der Waals surface area (Å²) in [5, 5.41) is 0. The van der Waals surface area contributed by atoms with Gasteiger partial charge >= 0.3 is 5.97 Å². The van der Waals surface area contributed by atoms with E-state index in [2.05, 4.69) is 16.1 Å². The lowest BCUT2D eigenvalue weighted by molar-refractivity contribution is -0.163. The Morgan fingerprint density at radius 3 is 2.65 bits per heavy atom. The van der Waals surface area contributed by atoms with Crippen LogP contribution in [0.2, 0.25) is 0 Å². The van der Waals surface area contributed by atoms with Gasteiger partial charge in [-0.1, -0.05) is 11.6 Å². The summed E-state index contributed by atoms with van der Waals surface area (Å²) in [5.41, 5.74) is 0.233. The van der Waals surface area contributed by atoms with Gasteiger partial charge in [-0.25, -0.2) is 3.93 Å². The average Bonchev–Trinajstić information content (AvgIpc) is 2.83. The topological polar surface area (TPSA) is 76.1 Å². The summed E-state index contributed by atoms with van der Waals surface area (Å²) in [4.78, 5) is 37.8. The standard InChI is InChI=1S/C15H19BrN2O5/c1-7-5-15(4)12(17(6-7)8(2)19)10-11(23-15)14(22-9(3)20)18(16)13(10)21/h5,10-12,14H,6H2,1-4H3/t10-,11-,12-,14-,15-/m0/s1. The van der Waals surface area contributed by atoms with Crippen LogP contribution in [0.1, 0.15) is 27.7 Å². The van der Waals surface area contributed by atoms with Crippen molar-refractivity contribution in [2.24, 2.45) is 5.92 Å². The Kier molecular flexibility index (Phi) is 3.79. The molecule has 2 amide bonds. The lowest BCUT2D eigenvalue weighted by atomic mass is 9.82. The van der Waals surface area contributed by atoms with Gasteiger partial charge < -0.3 is 14.4 Å². The second kappa shape index (κ2) is 5.31. The van der Waals surface area contributed by atoms with Crippen molar-refractivity contribution in [3.8, 4) is 0 Å². The van der Waals surface area contributed by atoms with Crippen molar-refractivity contribution in [3.05, 3.63) is 11.6 Å². The van der Waals surface area contributed by atoms with Gasteiger partial charge in [0, 0.05) is 20.4 Å². The number of amides is 2. The van der Waals surface area contributed by atoms with Crippen LogP contribution in [0.5, 0.6) is 0 Å². The minimum Gasteiger partial charge on any atom is -0.438 e. The monoisotopic (exact) mass is 386 g/mol. The van der Waals surface area contributed by atoms with E-state index in [-0.39, 0.29) is 11.8 Å². The number of rotatable bonds is 1. The maximum atomic E-state index is 12.7. The van der Waals surface area contributed by atoms with Crippen molar-refractivity contribution in [1.29, 1.82) is 0 Å². The van der Waals surface area contributed by atoms with E-state index >= 15 is 0 Å². The molecule has 0 N–H and O–H groups in total. The molecular weight excluding hydrogens is 368 g/mol. The van der Waals surface area contributed by atoms with E-state index in [9.17, 15) is 14.4 Å². The third-order valence-corrected chi connectivity index (χ3v) is 5.40. The first kappa shape index (κ1) is 16.4. The van der Waals surface area contributed by atoms with Crippen molar-refractivity contribution in [1.82, 2.24) is 8.83 Å². The largest absolute Gasteiger partial charge is 0.438 e. The molecule has 2 saturated heterocycles. The quantitative estimate of drug-likeness (QED) is 0.381. The molecule has 0 bridgehead atoms. The van der Waals surface area contributed by atoms with E-state index in [4.69, 9.17) is 9.47 Å². The van der Waals surface area contributed by atoms with Crippen LogP contribution < -0.4 is 0 Å². The highest BCUT2D eigenvalue weighted by molar-refractivity contribution is 9.07. The van der Waals surface area contributed by atoms with Gasteiger partial charge in [0.2, 0.25) is 18.0 Å². The molecule has 0 aromatic rings. The third-order valence-electron chi connectivity index (χ3n) is 4.65. The lowest BCUT2D eigenvalue weighted by Gasteiger charge is -2.42. The number of fused-ring (bicyclic) bond motifs is 3. The molecule has 3 heterocycles. The van der Waals surface area contributed by atoms with Crippen LogP contribution in [0, 0.1) is 5.92 Å². The van der Waals surface area contributed by atoms with Gasteiger partial charge in [-0.2, -0.15) is 0 Å². The highest BCUT2D eigenvalue weighted by atomic mass is 79.9. The molecule has 23 heavy (non-hydrogen) atoms. The molecule has 0 aromatic carbocycles. The number of esters is 1. The smallest absolute Gasteiger partial charge is 0.304 e. The predicted molar refractivity (Wildman–Crippen MR) is 83.0 cm³/mol. The molecule has 126 valence electrons. The minimum atomic E-state index is -0.838. The fourth-order valence-electron chi connectivity index (χ4n) is 4.00. The van der Waals surface area contributed by atoms with Crippen molar-refractivity contribution in [2.45, 2.75) is 51.7 Å². The molecule has 8 heteroatoms. The molecule has 0 radical (unpaired) electrons. The predicted octanol–water partition coefficient (Wildman–Crippen LogP) is 0.978. The third kappa shape index (κ3) is 2.39. The summed E-state index contributed by atoms with van der Waals surface area (Å²) in [5.74, 6) is -1.42. The van der Waals surface area contributed by atoms with E-state index in [1.54, 1.807) is 4.90 Å². The highest BCUT2D eigenvalue weighted by Crippen LogP contribution is 2.49. The van der Waals surface area contributed by atoms with E-state index in [0.29, 0.717) is 6.54 Å². The van der Waals surface area contributed by atoms with Crippen LogP contribution in [0.25, 0.3) is 0 Å². The van der Waals surface area contributed by atoms with Gasteiger partial charge in [0.05, 0.1) is 28.1 Å². The lowest BCUT2D eigenvalue weighted by Crippen LogP contribution is -2.57. The molecule has 7 nitrogen and oxygen atoms in total. The second-order valence-electron chi connectivity index (χ2n) is 6.52. The van der Waals surface area contributed by atoms with Crippen LogP contribution in [0.15, 0.2) is 11.6 Å². The summed E-state index contributed by atoms with van der Waals surface area (Å²) in [6.45, 7) is 7.04. The summed E-state index contributed by atoms with van der Waals surface area (Å²) < 4.78 is 12.6. The molecule has 3 aliphatic rings. The average molecular weight is 387 g/mol. The number of nitrogens with zero attached hydrogens (tertiary/aromatic N) is 2. The van der Waals surface area contributed by atoms with Crippen molar-refractivity contribution in [3.63, 3.8) is 0 Å². The number of ether oxygens (including phenoxy) is 2. The molecular formula is C15H19BrN2O5. The molecule has 3 rings (SSSR count). The Hall–Kier alpha value is -1.41. The maximum Gasteiger partial charge on any atom is 0.304 e. The van der Waals surface area contributed by atoms with Gasteiger partial charge in [0.25, 0.3) is 0 Å². The van der Waals surface area contributed by atoms with Crippen LogP contribution in [0.3, 0.4) is 0 Å².